The summed E-state index contributed by atoms with van der Waals surface area (Å²) in [6, 6.07) is 14.2. The molecule has 0 atom stereocenters. The minimum Gasteiger partial charge on any atom is -0.456 e. The summed E-state index contributed by atoms with van der Waals surface area (Å²) in [5, 5.41) is 0.834. The molecule has 0 saturated carbocycles. The summed E-state index contributed by atoms with van der Waals surface area (Å²) in [5.41, 5.74) is 3.51. The Labute approximate surface area is 109 Å². The van der Waals surface area contributed by atoms with E-state index in [0.29, 0.717) is 0 Å². The molecule has 2 heteroatoms. The van der Waals surface area contributed by atoms with Gasteiger partial charge in [0.1, 0.15) is 11.5 Å². The van der Waals surface area contributed by atoms with Crippen LogP contribution in [-0.4, -0.2) is 0 Å². The van der Waals surface area contributed by atoms with Crippen molar-refractivity contribution in [2.45, 2.75) is 5.33 Å². The van der Waals surface area contributed by atoms with Gasteiger partial charge < -0.3 is 4.74 Å². The molecule has 0 aromatic heterocycles. The second kappa shape index (κ2) is 4.38. The molecule has 3 rings (SSSR count). The molecule has 1 aliphatic rings. The zero-order chi connectivity index (χ0) is 11.7. The maximum absolute atomic E-state index is 5.96. The number of rotatable bonds is 1. The Bertz CT molecular complexity index is 587. The van der Waals surface area contributed by atoms with Gasteiger partial charge in [-0.2, -0.15) is 0 Å². The number of ether oxygens (including phenoxy) is 1. The van der Waals surface area contributed by atoms with Crippen molar-refractivity contribution in [1.29, 1.82) is 0 Å². The summed E-state index contributed by atoms with van der Waals surface area (Å²) in [5.74, 6) is 1.83. The van der Waals surface area contributed by atoms with Gasteiger partial charge in [-0.1, -0.05) is 58.4 Å². The van der Waals surface area contributed by atoms with Crippen molar-refractivity contribution in [2.75, 3.05) is 0 Å². The van der Waals surface area contributed by atoms with Gasteiger partial charge >= 0.3 is 0 Å². The Morgan fingerprint density at radius 2 is 1.71 bits per heavy atom. The Balaban J connectivity index is 2.18. The molecule has 0 aliphatic carbocycles. The molecule has 2 aromatic carbocycles. The molecule has 1 nitrogen and oxygen atoms in total. The predicted molar refractivity (Wildman–Crippen MR) is 74.5 cm³/mol. The summed E-state index contributed by atoms with van der Waals surface area (Å²) >= 11 is 3.51. The highest BCUT2D eigenvalue weighted by molar-refractivity contribution is 9.08. The van der Waals surface area contributed by atoms with Crippen molar-refractivity contribution in [1.82, 2.24) is 0 Å². The lowest BCUT2D eigenvalue weighted by Gasteiger charge is -2.10. The second-order valence-electron chi connectivity index (χ2n) is 3.94. The van der Waals surface area contributed by atoms with Gasteiger partial charge in [-0.15, -0.1) is 0 Å². The monoisotopic (exact) mass is 286 g/mol. The first kappa shape index (κ1) is 10.6. The number of para-hydroxylation sites is 1. The lowest BCUT2D eigenvalue weighted by atomic mass is 10.1. The number of fused-ring (bicyclic) bond motifs is 2. The first-order valence-electron chi connectivity index (χ1n) is 5.51. The average Bonchev–Trinajstić information content (AvgIpc) is 2.57. The predicted octanol–water partition coefficient (Wildman–Crippen LogP) is 4.86. The zero-order valence-electron chi connectivity index (χ0n) is 9.19. The Kier molecular flexibility index (Phi) is 2.73. The molecular formula is C15H11BrO. The van der Waals surface area contributed by atoms with E-state index in [1.165, 1.54) is 5.56 Å². The van der Waals surface area contributed by atoms with Crippen molar-refractivity contribution >= 4 is 28.1 Å². The molecule has 0 unspecified atom stereocenters. The van der Waals surface area contributed by atoms with Crippen LogP contribution in [-0.2, 0) is 5.33 Å². The number of hydrogen-bond acceptors (Lipinski definition) is 1. The SMILES string of the molecule is BrCc1cccc2c1C=Cc1ccccc1O2. The fraction of sp³-hybridized carbons (Fsp3) is 0.0667. The normalized spacial score (nSPS) is 12.3. The highest BCUT2D eigenvalue weighted by Gasteiger charge is 2.12. The summed E-state index contributed by atoms with van der Waals surface area (Å²) in [7, 11) is 0. The van der Waals surface area contributed by atoms with Crippen molar-refractivity contribution in [3.05, 3.63) is 59.2 Å². The lowest BCUT2D eigenvalue weighted by Crippen LogP contribution is -1.90. The number of halogens is 1. The third-order valence-electron chi connectivity index (χ3n) is 2.87. The molecule has 2 aromatic rings. The Morgan fingerprint density at radius 1 is 0.882 bits per heavy atom. The molecular weight excluding hydrogens is 276 g/mol. The van der Waals surface area contributed by atoms with Crippen LogP contribution < -0.4 is 4.74 Å². The van der Waals surface area contributed by atoms with Gasteiger partial charge in [0, 0.05) is 16.5 Å². The Hall–Kier alpha value is -1.54. The van der Waals surface area contributed by atoms with E-state index in [0.717, 1.165) is 28.0 Å². The fourth-order valence-electron chi connectivity index (χ4n) is 1.99. The molecule has 0 saturated heterocycles. The minimum atomic E-state index is 0.834. The van der Waals surface area contributed by atoms with Crippen LogP contribution in [0.15, 0.2) is 42.5 Å². The molecule has 0 amide bonds. The molecule has 0 spiro atoms. The van der Waals surface area contributed by atoms with E-state index in [-0.39, 0.29) is 0 Å². The van der Waals surface area contributed by atoms with Crippen molar-refractivity contribution in [3.8, 4) is 11.5 Å². The summed E-state index contributed by atoms with van der Waals surface area (Å²) in [4.78, 5) is 0. The van der Waals surface area contributed by atoms with E-state index >= 15 is 0 Å². The maximum atomic E-state index is 5.96. The van der Waals surface area contributed by atoms with Gasteiger partial charge in [0.05, 0.1) is 0 Å². The molecule has 0 fully saturated rings. The first-order valence-corrected chi connectivity index (χ1v) is 6.63. The highest BCUT2D eigenvalue weighted by atomic mass is 79.9. The van der Waals surface area contributed by atoms with E-state index in [9.17, 15) is 0 Å². The van der Waals surface area contributed by atoms with Crippen LogP contribution in [0.1, 0.15) is 16.7 Å². The molecule has 0 N–H and O–H groups in total. The fourth-order valence-corrected chi connectivity index (χ4v) is 2.48. The highest BCUT2D eigenvalue weighted by Crippen LogP contribution is 2.35. The molecule has 0 bridgehead atoms. The van der Waals surface area contributed by atoms with Gasteiger partial charge in [0.25, 0.3) is 0 Å². The summed E-state index contributed by atoms with van der Waals surface area (Å²) in [6.07, 6.45) is 4.23. The largest absolute Gasteiger partial charge is 0.456 e. The number of benzene rings is 2. The van der Waals surface area contributed by atoms with Crippen LogP contribution in [0.25, 0.3) is 12.2 Å². The van der Waals surface area contributed by atoms with Crippen LogP contribution in [0, 0.1) is 0 Å². The number of alkyl halides is 1. The molecule has 17 heavy (non-hydrogen) atoms. The maximum Gasteiger partial charge on any atom is 0.134 e. The van der Waals surface area contributed by atoms with Crippen LogP contribution in [0.2, 0.25) is 0 Å². The lowest BCUT2D eigenvalue weighted by molar-refractivity contribution is 0.481. The third kappa shape index (κ3) is 1.89. The number of hydrogen-bond donors (Lipinski definition) is 0. The van der Waals surface area contributed by atoms with E-state index < -0.39 is 0 Å². The first-order chi connectivity index (χ1) is 8.38. The Morgan fingerprint density at radius 3 is 2.59 bits per heavy atom. The van der Waals surface area contributed by atoms with Crippen LogP contribution in [0.5, 0.6) is 11.5 Å². The van der Waals surface area contributed by atoms with Crippen molar-refractivity contribution < 1.29 is 4.74 Å². The van der Waals surface area contributed by atoms with Gasteiger partial charge in [0.2, 0.25) is 0 Å². The molecule has 0 radical (unpaired) electrons. The van der Waals surface area contributed by atoms with Crippen molar-refractivity contribution in [3.63, 3.8) is 0 Å². The molecule has 1 heterocycles. The third-order valence-corrected chi connectivity index (χ3v) is 3.47. The standard InChI is InChI=1S/C15H11BrO/c16-10-12-5-3-7-15-13(12)9-8-11-4-1-2-6-14(11)17-15/h1-9H,10H2. The van der Waals surface area contributed by atoms with Gasteiger partial charge in [-0.05, 0) is 17.7 Å². The van der Waals surface area contributed by atoms with Crippen LogP contribution >= 0.6 is 15.9 Å². The topological polar surface area (TPSA) is 9.23 Å². The molecule has 84 valence electrons. The quantitative estimate of drug-likeness (QED) is 0.581. The minimum absolute atomic E-state index is 0.834. The van der Waals surface area contributed by atoms with E-state index in [1.54, 1.807) is 0 Å². The van der Waals surface area contributed by atoms with E-state index in [1.807, 2.05) is 30.3 Å². The smallest absolute Gasteiger partial charge is 0.134 e. The van der Waals surface area contributed by atoms with Crippen LogP contribution in [0.4, 0.5) is 0 Å². The summed E-state index contributed by atoms with van der Waals surface area (Å²) in [6.45, 7) is 0. The van der Waals surface area contributed by atoms with Crippen molar-refractivity contribution in [2.24, 2.45) is 0 Å². The summed E-state index contributed by atoms with van der Waals surface area (Å²) < 4.78 is 5.96. The zero-order valence-corrected chi connectivity index (χ0v) is 10.8. The van der Waals surface area contributed by atoms with E-state index in [4.69, 9.17) is 4.74 Å². The second-order valence-corrected chi connectivity index (χ2v) is 4.50. The van der Waals surface area contributed by atoms with E-state index in [2.05, 4.69) is 40.2 Å². The van der Waals surface area contributed by atoms with Gasteiger partial charge in [-0.25, -0.2) is 0 Å². The van der Waals surface area contributed by atoms with Gasteiger partial charge in [-0.3, -0.25) is 0 Å². The average molecular weight is 287 g/mol. The van der Waals surface area contributed by atoms with Gasteiger partial charge in [0.15, 0.2) is 0 Å². The molecule has 1 aliphatic heterocycles. The van der Waals surface area contributed by atoms with Crippen LogP contribution in [0.3, 0.4) is 0 Å².